The summed E-state index contributed by atoms with van der Waals surface area (Å²) in [6, 6.07) is 14.5. The van der Waals surface area contributed by atoms with Crippen molar-refractivity contribution in [2.45, 2.75) is 31.8 Å². The summed E-state index contributed by atoms with van der Waals surface area (Å²) in [6.45, 7) is 0.929. The van der Waals surface area contributed by atoms with Crippen LogP contribution >= 0.6 is 15.9 Å². The second kappa shape index (κ2) is 9.04. The fourth-order valence-electron chi connectivity index (χ4n) is 3.37. The van der Waals surface area contributed by atoms with E-state index < -0.39 is 6.04 Å². The second-order valence-corrected chi connectivity index (χ2v) is 7.45. The molecule has 1 unspecified atom stereocenters. The number of nitrogens with zero attached hydrogens (tertiary/aromatic N) is 1. The molecule has 1 aliphatic rings. The summed E-state index contributed by atoms with van der Waals surface area (Å²) in [6.07, 6.45) is 2.30. The molecular weight excluding hydrogens is 408 g/mol. The van der Waals surface area contributed by atoms with E-state index in [9.17, 15) is 9.59 Å². The average Bonchev–Trinajstić information content (AvgIpc) is 2.69. The van der Waals surface area contributed by atoms with Crippen LogP contribution in [-0.2, 0) is 16.1 Å². The number of piperidine rings is 1. The minimum absolute atomic E-state index is 0.0327. The van der Waals surface area contributed by atoms with Crippen LogP contribution in [0.2, 0.25) is 0 Å². The van der Waals surface area contributed by atoms with Gasteiger partial charge in [0.25, 0.3) is 0 Å². The van der Waals surface area contributed by atoms with Crippen LogP contribution < -0.4 is 10.1 Å². The normalized spacial score (nSPS) is 15.3. The first-order valence-electron chi connectivity index (χ1n) is 9.04. The molecule has 1 heterocycles. The Balaban J connectivity index is 1.81. The first-order chi connectivity index (χ1) is 13.1. The average molecular weight is 431 g/mol. The van der Waals surface area contributed by atoms with E-state index >= 15 is 0 Å². The lowest BCUT2D eigenvalue weighted by atomic mass is 10.0. The third kappa shape index (κ3) is 4.69. The van der Waals surface area contributed by atoms with Gasteiger partial charge < -0.3 is 15.0 Å². The number of carbonyl (C=O) groups excluding carboxylic acids is 2. The second-order valence-electron chi connectivity index (χ2n) is 6.53. The van der Waals surface area contributed by atoms with Gasteiger partial charge in [-0.05, 0) is 36.6 Å². The monoisotopic (exact) mass is 430 g/mol. The molecule has 0 saturated carbocycles. The molecule has 1 saturated heterocycles. The third-order valence-electron chi connectivity index (χ3n) is 4.73. The molecule has 142 valence electrons. The van der Waals surface area contributed by atoms with E-state index in [1.54, 1.807) is 12.0 Å². The molecule has 5 nitrogen and oxygen atoms in total. The highest BCUT2D eigenvalue weighted by Crippen LogP contribution is 2.27. The predicted octanol–water partition coefficient (Wildman–Crippen LogP) is 3.83. The molecule has 1 aliphatic heterocycles. The molecule has 0 aromatic heterocycles. The molecule has 0 spiro atoms. The Morgan fingerprint density at radius 3 is 2.70 bits per heavy atom. The van der Waals surface area contributed by atoms with Crippen molar-refractivity contribution in [1.29, 1.82) is 0 Å². The number of rotatable bonds is 6. The molecule has 2 amide bonds. The van der Waals surface area contributed by atoms with Crippen LogP contribution in [0, 0.1) is 0 Å². The SMILES string of the molecule is COc1ccc(Br)cc1CNC(=O)C(c1ccccc1)N1CCCCC1=O. The van der Waals surface area contributed by atoms with Crippen LogP contribution in [0.5, 0.6) is 5.75 Å². The number of carbonyl (C=O) groups is 2. The smallest absolute Gasteiger partial charge is 0.247 e. The first kappa shape index (κ1) is 19.4. The predicted molar refractivity (Wildman–Crippen MR) is 107 cm³/mol. The van der Waals surface area contributed by atoms with Gasteiger partial charge in [-0.15, -0.1) is 0 Å². The topological polar surface area (TPSA) is 58.6 Å². The quantitative estimate of drug-likeness (QED) is 0.757. The molecule has 1 atom stereocenters. The van der Waals surface area contributed by atoms with E-state index in [-0.39, 0.29) is 11.8 Å². The van der Waals surface area contributed by atoms with E-state index in [4.69, 9.17) is 4.74 Å². The van der Waals surface area contributed by atoms with E-state index in [2.05, 4.69) is 21.2 Å². The van der Waals surface area contributed by atoms with E-state index in [1.165, 1.54) is 0 Å². The number of methoxy groups -OCH3 is 1. The molecular formula is C21H23BrN2O3. The first-order valence-corrected chi connectivity index (χ1v) is 9.84. The minimum Gasteiger partial charge on any atom is -0.496 e. The summed E-state index contributed by atoms with van der Waals surface area (Å²) >= 11 is 3.45. The molecule has 2 aromatic carbocycles. The summed E-state index contributed by atoms with van der Waals surface area (Å²) in [5, 5.41) is 2.98. The molecule has 0 bridgehead atoms. The minimum atomic E-state index is -0.614. The van der Waals surface area contributed by atoms with Crippen molar-refractivity contribution in [3.63, 3.8) is 0 Å². The summed E-state index contributed by atoms with van der Waals surface area (Å²) < 4.78 is 6.29. The fraction of sp³-hybridized carbons (Fsp3) is 0.333. The Morgan fingerprint density at radius 1 is 1.22 bits per heavy atom. The summed E-state index contributed by atoms with van der Waals surface area (Å²) in [5.41, 5.74) is 1.70. The molecule has 0 aliphatic carbocycles. The maximum absolute atomic E-state index is 13.1. The van der Waals surface area contributed by atoms with Crippen LogP contribution in [0.15, 0.2) is 53.0 Å². The number of amides is 2. The van der Waals surface area contributed by atoms with E-state index in [0.29, 0.717) is 25.3 Å². The highest BCUT2D eigenvalue weighted by atomic mass is 79.9. The van der Waals surface area contributed by atoms with Crippen molar-refractivity contribution in [1.82, 2.24) is 10.2 Å². The van der Waals surface area contributed by atoms with Crippen LogP contribution in [-0.4, -0.2) is 30.4 Å². The molecule has 1 fully saturated rings. The molecule has 1 N–H and O–H groups in total. The molecule has 2 aromatic rings. The molecule has 3 rings (SSSR count). The van der Waals surface area contributed by atoms with Gasteiger partial charge >= 0.3 is 0 Å². The van der Waals surface area contributed by atoms with Gasteiger partial charge in [0.1, 0.15) is 11.8 Å². The number of halogens is 1. The highest BCUT2D eigenvalue weighted by molar-refractivity contribution is 9.10. The van der Waals surface area contributed by atoms with Crippen LogP contribution in [0.25, 0.3) is 0 Å². The Kier molecular flexibility index (Phi) is 6.50. The number of hydrogen-bond acceptors (Lipinski definition) is 3. The summed E-state index contributed by atoms with van der Waals surface area (Å²) in [7, 11) is 1.60. The Bertz CT molecular complexity index is 810. The Morgan fingerprint density at radius 2 is 2.00 bits per heavy atom. The standard InChI is InChI=1S/C21H23BrN2O3/c1-27-18-11-10-17(22)13-16(18)14-23-21(26)20(15-7-3-2-4-8-15)24-12-6-5-9-19(24)25/h2-4,7-8,10-11,13,20H,5-6,9,12,14H2,1H3,(H,23,26). The van der Waals surface area contributed by atoms with Crippen molar-refractivity contribution in [2.75, 3.05) is 13.7 Å². The Labute approximate surface area is 167 Å². The van der Waals surface area contributed by atoms with Crippen molar-refractivity contribution >= 4 is 27.7 Å². The molecule has 27 heavy (non-hydrogen) atoms. The number of likely N-dealkylation sites (tertiary alicyclic amines) is 1. The largest absolute Gasteiger partial charge is 0.496 e. The van der Waals surface area contributed by atoms with E-state index in [1.807, 2.05) is 48.5 Å². The Hall–Kier alpha value is -2.34. The molecule has 6 heteroatoms. The van der Waals surface area contributed by atoms with Crippen molar-refractivity contribution in [3.8, 4) is 5.75 Å². The van der Waals surface area contributed by atoms with Crippen LogP contribution in [0.1, 0.15) is 36.4 Å². The van der Waals surface area contributed by atoms with E-state index in [0.717, 1.165) is 28.4 Å². The lowest BCUT2D eigenvalue weighted by Crippen LogP contribution is -2.45. The summed E-state index contributed by atoms with van der Waals surface area (Å²) in [5.74, 6) is 0.563. The third-order valence-corrected chi connectivity index (χ3v) is 5.22. The number of nitrogens with one attached hydrogen (secondary N) is 1. The van der Waals surface area contributed by atoms with Gasteiger partial charge in [0.2, 0.25) is 11.8 Å². The van der Waals surface area contributed by atoms with Crippen LogP contribution in [0.4, 0.5) is 0 Å². The van der Waals surface area contributed by atoms with Gasteiger partial charge in [-0.1, -0.05) is 46.3 Å². The lowest BCUT2D eigenvalue weighted by Gasteiger charge is -2.34. The van der Waals surface area contributed by atoms with Gasteiger partial charge in [0, 0.05) is 29.5 Å². The van der Waals surface area contributed by atoms with Crippen molar-refractivity contribution in [2.24, 2.45) is 0 Å². The van der Waals surface area contributed by atoms with Crippen LogP contribution in [0.3, 0.4) is 0 Å². The maximum atomic E-state index is 13.1. The zero-order chi connectivity index (χ0) is 19.2. The number of benzene rings is 2. The van der Waals surface area contributed by atoms with Gasteiger partial charge in [0.15, 0.2) is 0 Å². The van der Waals surface area contributed by atoms with Gasteiger partial charge in [0.05, 0.1) is 7.11 Å². The lowest BCUT2D eigenvalue weighted by molar-refractivity contribution is -0.142. The maximum Gasteiger partial charge on any atom is 0.247 e. The number of hydrogen-bond donors (Lipinski definition) is 1. The highest BCUT2D eigenvalue weighted by Gasteiger charge is 2.32. The van der Waals surface area contributed by atoms with Crippen molar-refractivity contribution in [3.05, 3.63) is 64.1 Å². The van der Waals surface area contributed by atoms with Gasteiger partial charge in [-0.3, -0.25) is 9.59 Å². The zero-order valence-electron chi connectivity index (χ0n) is 15.3. The van der Waals surface area contributed by atoms with Crippen molar-refractivity contribution < 1.29 is 14.3 Å². The molecule has 0 radical (unpaired) electrons. The number of ether oxygens (including phenoxy) is 1. The fourth-order valence-corrected chi connectivity index (χ4v) is 3.78. The van der Waals surface area contributed by atoms with Gasteiger partial charge in [-0.2, -0.15) is 0 Å². The van der Waals surface area contributed by atoms with Gasteiger partial charge in [-0.25, -0.2) is 0 Å². The summed E-state index contributed by atoms with van der Waals surface area (Å²) in [4.78, 5) is 27.2. The zero-order valence-corrected chi connectivity index (χ0v) is 16.9.